The number of carbonyl (C=O) groups is 1. The monoisotopic (exact) mass is 288 g/mol. The predicted octanol–water partition coefficient (Wildman–Crippen LogP) is 3.10. The number of carboxylic acid groups (broad SMARTS) is 1. The van der Waals surface area contributed by atoms with Crippen LogP contribution in [0.25, 0.3) is 0 Å². The number of carboxylic acids is 1. The summed E-state index contributed by atoms with van der Waals surface area (Å²) < 4.78 is 5.41. The first kappa shape index (κ1) is 14.4. The number of aromatic nitrogens is 1. The van der Waals surface area contributed by atoms with Crippen LogP contribution in [0.5, 0.6) is 11.6 Å². The van der Waals surface area contributed by atoms with Crippen molar-refractivity contribution in [3.63, 3.8) is 0 Å². The number of pyridine rings is 1. The summed E-state index contributed by atoms with van der Waals surface area (Å²) in [7, 11) is 0. The van der Waals surface area contributed by atoms with Crippen LogP contribution in [-0.2, 0) is 0 Å². The van der Waals surface area contributed by atoms with Crippen molar-refractivity contribution < 1.29 is 19.6 Å². The Bertz CT molecular complexity index is 727. The second-order valence-electron chi connectivity index (χ2n) is 4.47. The van der Waals surface area contributed by atoms with Crippen molar-refractivity contribution in [2.45, 2.75) is 13.8 Å². The number of hydrogen-bond donors (Lipinski definition) is 1. The van der Waals surface area contributed by atoms with Crippen LogP contribution in [0.4, 0.5) is 5.69 Å². The van der Waals surface area contributed by atoms with Crippen molar-refractivity contribution in [3.05, 3.63) is 57.3 Å². The van der Waals surface area contributed by atoms with E-state index in [1.807, 2.05) is 0 Å². The van der Waals surface area contributed by atoms with Crippen molar-refractivity contribution in [1.29, 1.82) is 0 Å². The number of aromatic carboxylic acids is 1. The molecule has 1 aromatic heterocycles. The normalized spacial score (nSPS) is 10.2. The number of nitrogens with zero attached hydrogens (tertiary/aromatic N) is 2. The summed E-state index contributed by atoms with van der Waals surface area (Å²) in [6, 6.07) is 7.04. The Hall–Kier alpha value is -2.96. The van der Waals surface area contributed by atoms with E-state index in [0.717, 1.165) is 5.56 Å². The Labute approximate surface area is 120 Å². The van der Waals surface area contributed by atoms with Gasteiger partial charge in [0.2, 0.25) is 11.6 Å². The third kappa shape index (κ3) is 3.33. The van der Waals surface area contributed by atoms with E-state index in [9.17, 15) is 14.9 Å². The van der Waals surface area contributed by atoms with Crippen molar-refractivity contribution in [3.8, 4) is 11.6 Å². The summed E-state index contributed by atoms with van der Waals surface area (Å²) in [5, 5.41) is 20.0. The zero-order valence-corrected chi connectivity index (χ0v) is 11.4. The van der Waals surface area contributed by atoms with Crippen molar-refractivity contribution >= 4 is 11.7 Å². The lowest BCUT2D eigenvalue weighted by molar-refractivity contribution is -0.385. The lowest BCUT2D eigenvalue weighted by Gasteiger charge is -2.08. The van der Waals surface area contributed by atoms with Gasteiger partial charge in [0.1, 0.15) is 0 Å². The molecular weight excluding hydrogens is 276 g/mol. The van der Waals surface area contributed by atoms with Crippen LogP contribution < -0.4 is 4.74 Å². The molecule has 2 aromatic rings. The molecule has 1 N–H and O–H groups in total. The summed E-state index contributed by atoms with van der Waals surface area (Å²) in [5.74, 6) is -1.10. The predicted molar refractivity (Wildman–Crippen MR) is 73.8 cm³/mol. The van der Waals surface area contributed by atoms with E-state index >= 15 is 0 Å². The second-order valence-corrected chi connectivity index (χ2v) is 4.47. The van der Waals surface area contributed by atoms with E-state index in [1.165, 1.54) is 24.3 Å². The summed E-state index contributed by atoms with van der Waals surface area (Å²) >= 11 is 0. The first-order valence-corrected chi connectivity index (χ1v) is 6.01. The van der Waals surface area contributed by atoms with Gasteiger partial charge in [-0.15, -0.1) is 0 Å². The zero-order chi connectivity index (χ0) is 15.6. The van der Waals surface area contributed by atoms with Gasteiger partial charge in [0.05, 0.1) is 10.5 Å². The maximum absolute atomic E-state index is 11.0. The van der Waals surface area contributed by atoms with Gasteiger partial charge in [-0.25, -0.2) is 9.78 Å². The zero-order valence-electron chi connectivity index (χ0n) is 11.4. The standard InChI is InChI=1S/C14H12N2O5/c1-8-3-4-11(16(19)20)12(5-8)21-13-7-10(14(17)18)6-9(2)15-13/h3-7H,1-2H3,(H,17,18). The lowest BCUT2D eigenvalue weighted by Crippen LogP contribution is -2.01. The van der Waals surface area contributed by atoms with E-state index in [1.54, 1.807) is 19.9 Å². The lowest BCUT2D eigenvalue weighted by atomic mass is 10.2. The minimum absolute atomic E-state index is 0.00102. The van der Waals surface area contributed by atoms with Crippen molar-refractivity contribution in [2.24, 2.45) is 0 Å². The van der Waals surface area contributed by atoms with Gasteiger partial charge in [0.25, 0.3) is 0 Å². The number of nitro benzene ring substituents is 1. The van der Waals surface area contributed by atoms with Gasteiger partial charge < -0.3 is 9.84 Å². The van der Waals surface area contributed by atoms with Crippen molar-refractivity contribution in [1.82, 2.24) is 4.98 Å². The number of benzene rings is 1. The van der Waals surface area contributed by atoms with Gasteiger partial charge in [-0.1, -0.05) is 6.07 Å². The Morgan fingerprint density at radius 2 is 2.00 bits per heavy atom. The minimum atomic E-state index is -1.12. The van der Waals surface area contributed by atoms with Gasteiger partial charge >= 0.3 is 11.7 Å². The van der Waals surface area contributed by atoms with E-state index in [-0.39, 0.29) is 22.9 Å². The van der Waals surface area contributed by atoms with Gasteiger partial charge in [0.15, 0.2) is 0 Å². The molecule has 21 heavy (non-hydrogen) atoms. The Balaban J connectivity index is 2.45. The van der Waals surface area contributed by atoms with Crippen LogP contribution >= 0.6 is 0 Å². The average Bonchev–Trinajstić information content (AvgIpc) is 2.37. The molecule has 2 rings (SSSR count). The average molecular weight is 288 g/mol. The third-order valence-electron chi connectivity index (χ3n) is 2.70. The van der Waals surface area contributed by atoms with E-state index in [4.69, 9.17) is 9.84 Å². The molecule has 0 bridgehead atoms. The summed E-state index contributed by atoms with van der Waals surface area (Å²) in [5.41, 5.74) is 1.02. The molecule has 0 saturated heterocycles. The molecule has 0 radical (unpaired) electrons. The maximum atomic E-state index is 11.0. The molecule has 0 saturated carbocycles. The summed E-state index contributed by atoms with van der Waals surface area (Å²) in [4.78, 5) is 25.4. The molecule has 108 valence electrons. The van der Waals surface area contributed by atoms with Crippen LogP contribution in [0.2, 0.25) is 0 Å². The SMILES string of the molecule is Cc1ccc([N+](=O)[O-])c(Oc2cc(C(=O)O)cc(C)n2)c1. The highest BCUT2D eigenvalue weighted by atomic mass is 16.6. The van der Waals surface area contributed by atoms with Crippen LogP contribution in [0.1, 0.15) is 21.6 Å². The second kappa shape index (κ2) is 5.58. The van der Waals surface area contributed by atoms with Crippen LogP contribution in [0.3, 0.4) is 0 Å². The molecule has 7 heteroatoms. The summed E-state index contributed by atoms with van der Waals surface area (Å²) in [6.45, 7) is 3.38. The smallest absolute Gasteiger partial charge is 0.335 e. The molecular formula is C14H12N2O5. The molecule has 0 aliphatic heterocycles. The number of aryl methyl sites for hydroxylation is 2. The largest absolute Gasteiger partial charge is 0.478 e. The molecule has 0 atom stereocenters. The molecule has 0 spiro atoms. The highest BCUT2D eigenvalue weighted by Crippen LogP contribution is 2.31. The first-order valence-electron chi connectivity index (χ1n) is 6.01. The fraction of sp³-hybridized carbons (Fsp3) is 0.143. The quantitative estimate of drug-likeness (QED) is 0.685. The highest BCUT2D eigenvalue weighted by Gasteiger charge is 2.17. The van der Waals surface area contributed by atoms with E-state index in [0.29, 0.717) is 5.69 Å². The molecule has 0 unspecified atom stereocenters. The molecule has 1 aromatic carbocycles. The Morgan fingerprint density at radius 3 is 2.62 bits per heavy atom. The van der Waals surface area contributed by atoms with Crippen molar-refractivity contribution in [2.75, 3.05) is 0 Å². The maximum Gasteiger partial charge on any atom is 0.335 e. The first-order chi connectivity index (χ1) is 9.86. The van der Waals surface area contributed by atoms with E-state index in [2.05, 4.69) is 4.98 Å². The molecule has 0 aliphatic rings. The van der Waals surface area contributed by atoms with E-state index < -0.39 is 10.9 Å². The molecule has 0 aliphatic carbocycles. The third-order valence-corrected chi connectivity index (χ3v) is 2.70. The molecule has 0 fully saturated rings. The Kier molecular flexibility index (Phi) is 3.84. The van der Waals surface area contributed by atoms with Gasteiger partial charge in [0, 0.05) is 17.8 Å². The number of ether oxygens (including phenoxy) is 1. The molecule has 1 heterocycles. The van der Waals surface area contributed by atoms with Gasteiger partial charge in [-0.05, 0) is 31.5 Å². The molecule has 7 nitrogen and oxygen atoms in total. The molecule has 0 amide bonds. The van der Waals surface area contributed by atoms with Crippen LogP contribution in [-0.4, -0.2) is 21.0 Å². The number of hydrogen-bond acceptors (Lipinski definition) is 5. The topological polar surface area (TPSA) is 103 Å². The Morgan fingerprint density at radius 1 is 1.29 bits per heavy atom. The number of nitro groups is 1. The number of rotatable bonds is 4. The van der Waals surface area contributed by atoms with Crippen LogP contribution in [0, 0.1) is 24.0 Å². The van der Waals surface area contributed by atoms with Crippen LogP contribution in [0.15, 0.2) is 30.3 Å². The minimum Gasteiger partial charge on any atom is -0.478 e. The van der Waals surface area contributed by atoms with Gasteiger partial charge in [-0.3, -0.25) is 10.1 Å². The summed E-state index contributed by atoms with van der Waals surface area (Å²) in [6.07, 6.45) is 0. The fourth-order valence-corrected chi connectivity index (χ4v) is 1.78. The fourth-order valence-electron chi connectivity index (χ4n) is 1.78. The highest BCUT2D eigenvalue weighted by molar-refractivity contribution is 5.88. The van der Waals surface area contributed by atoms with Gasteiger partial charge in [-0.2, -0.15) is 0 Å².